The Morgan fingerprint density at radius 1 is 0.654 bits per heavy atom. The van der Waals surface area contributed by atoms with Crippen LogP contribution in [0.3, 0.4) is 0 Å². The second-order valence-electron chi connectivity index (χ2n) is 20.4. The number of carboxylic acids is 2. The van der Waals surface area contributed by atoms with Gasteiger partial charge in [-0.2, -0.15) is 23.5 Å². The van der Waals surface area contributed by atoms with E-state index in [1.807, 2.05) is 81.8 Å². The van der Waals surface area contributed by atoms with Gasteiger partial charge in [0.1, 0.15) is 17.9 Å². The van der Waals surface area contributed by atoms with Crippen LogP contribution in [0.2, 0.25) is 0 Å². The van der Waals surface area contributed by atoms with Crippen molar-refractivity contribution in [3.8, 4) is 0 Å². The maximum absolute atomic E-state index is 13.4. The van der Waals surface area contributed by atoms with Crippen LogP contribution in [0.4, 0.5) is 5.82 Å². The Bertz CT molecular complexity index is 2760. The standard InChI is InChI=1S/C30H37N5O4S.C29H40N4O4S/c1-40-17-14-26(30(38)39)33-28(36)21-34(19-23-10-6-9-22-8-2-3-12-25(22)23)20-24-11-7-16-35(24)29(37)18-32-27-13-4-5-15-31-27;1-38-16-13-26(29(36)37)31-27(34)20-32(18-23-9-4-8-21-7-2-3-12-25(21)23)19-24-11-6-15-33(24)28(35)22-10-5-14-30-17-22/h2-6,8-10,12-13,15,24,26H,7,11,14,16-21H2,1H3,(H,31,32)(H,33,36)(H,38,39);2-4,7-9,12,22,24,26,30H,5-6,10-11,13-20H2,1H3,(H,31,34)(H,36,37)/t24-,26-;22?,24-,26-/m00/s1. The van der Waals surface area contributed by atoms with Crippen LogP contribution in [0, 0.1) is 5.92 Å². The van der Waals surface area contributed by atoms with Crippen molar-refractivity contribution in [3.63, 3.8) is 0 Å². The first kappa shape index (κ1) is 59.4. The third-order valence-corrected chi connectivity index (χ3v) is 16.1. The minimum absolute atomic E-state index is 0.00859. The van der Waals surface area contributed by atoms with Crippen molar-refractivity contribution in [2.75, 3.05) is 88.2 Å². The van der Waals surface area contributed by atoms with Gasteiger partial charge in [0.25, 0.3) is 0 Å². The number of nitrogens with one attached hydrogen (secondary N) is 4. The van der Waals surface area contributed by atoms with Gasteiger partial charge in [0.15, 0.2) is 0 Å². The Hall–Kier alpha value is -6.25. The quantitative estimate of drug-likeness (QED) is 0.0353. The molecular weight excluding hydrogens is 1030 g/mol. The van der Waals surface area contributed by atoms with Crippen LogP contribution in [0.25, 0.3) is 21.5 Å². The van der Waals surface area contributed by atoms with Gasteiger partial charge >= 0.3 is 11.9 Å². The lowest BCUT2D eigenvalue weighted by Gasteiger charge is -2.34. The molecule has 19 heteroatoms. The lowest BCUT2D eigenvalue weighted by molar-refractivity contribution is -0.142. The number of carboxylic acid groups (broad SMARTS) is 2. The summed E-state index contributed by atoms with van der Waals surface area (Å²) in [5.74, 6) is -0.496. The number of pyridine rings is 1. The number of aromatic nitrogens is 1. The summed E-state index contributed by atoms with van der Waals surface area (Å²) in [6.07, 6.45) is 11.8. The monoisotopic (exact) mass is 1100 g/mol. The van der Waals surface area contributed by atoms with E-state index in [9.17, 15) is 39.0 Å². The van der Waals surface area contributed by atoms with Crippen LogP contribution in [0.15, 0.2) is 109 Å². The number of anilines is 1. The largest absolute Gasteiger partial charge is 0.480 e. The van der Waals surface area contributed by atoms with Crippen molar-refractivity contribution in [3.05, 3.63) is 120 Å². The summed E-state index contributed by atoms with van der Waals surface area (Å²) in [5, 5.41) is 35.6. The molecule has 5 atom stereocenters. The third-order valence-electron chi connectivity index (χ3n) is 14.8. The second kappa shape index (κ2) is 30.8. The van der Waals surface area contributed by atoms with Crippen LogP contribution in [-0.4, -0.2) is 177 Å². The number of carbonyl (C=O) groups is 6. The molecule has 3 saturated heterocycles. The van der Waals surface area contributed by atoms with Crippen molar-refractivity contribution in [1.82, 2.24) is 40.5 Å². The molecule has 0 saturated carbocycles. The van der Waals surface area contributed by atoms with Gasteiger partial charge in [0.2, 0.25) is 23.6 Å². The molecule has 0 spiro atoms. The fraction of sp³-hybridized carbons (Fsp3) is 0.475. The Kier molecular flexibility index (Phi) is 23.4. The minimum atomic E-state index is -1.03. The molecule has 4 amide bonds. The summed E-state index contributed by atoms with van der Waals surface area (Å²) in [7, 11) is 0. The number of benzene rings is 4. The Morgan fingerprint density at radius 3 is 1.67 bits per heavy atom. The summed E-state index contributed by atoms with van der Waals surface area (Å²) in [5.41, 5.74) is 2.19. The minimum Gasteiger partial charge on any atom is -0.480 e. The highest BCUT2D eigenvalue weighted by Crippen LogP contribution is 2.27. The van der Waals surface area contributed by atoms with E-state index in [1.54, 1.807) is 29.7 Å². The van der Waals surface area contributed by atoms with E-state index in [4.69, 9.17) is 0 Å². The predicted octanol–water partition coefficient (Wildman–Crippen LogP) is 6.42. The summed E-state index contributed by atoms with van der Waals surface area (Å²) in [6.45, 7) is 5.51. The molecular formula is C59H77N9O8S2. The molecule has 1 unspecified atom stereocenters. The molecule has 8 rings (SSSR count). The van der Waals surface area contributed by atoms with Crippen LogP contribution in [0.5, 0.6) is 0 Å². The Labute approximate surface area is 467 Å². The molecule has 3 fully saturated rings. The number of rotatable bonds is 26. The number of hydrogen-bond acceptors (Lipinski definition) is 13. The van der Waals surface area contributed by atoms with E-state index < -0.39 is 24.0 Å². The van der Waals surface area contributed by atoms with E-state index in [0.29, 0.717) is 62.9 Å². The number of hydrogen-bond donors (Lipinski definition) is 6. The maximum Gasteiger partial charge on any atom is 0.326 e. The number of nitrogens with zero attached hydrogens (tertiary/aromatic N) is 5. The van der Waals surface area contributed by atoms with E-state index in [-0.39, 0.29) is 61.3 Å². The van der Waals surface area contributed by atoms with Gasteiger partial charge in [-0.1, -0.05) is 91.0 Å². The van der Waals surface area contributed by atoms with Gasteiger partial charge in [-0.3, -0.25) is 29.0 Å². The first-order valence-corrected chi connectivity index (χ1v) is 30.0. The normalized spacial score (nSPS) is 18.1. The van der Waals surface area contributed by atoms with Crippen LogP contribution in [0.1, 0.15) is 62.5 Å². The lowest BCUT2D eigenvalue weighted by Crippen LogP contribution is -2.50. The summed E-state index contributed by atoms with van der Waals surface area (Å²) < 4.78 is 0. The van der Waals surface area contributed by atoms with E-state index in [2.05, 4.69) is 79.7 Å². The number of fused-ring (bicyclic) bond motifs is 2. The van der Waals surface area contributed by atoms with Gasteiger partial charge < -0.3 is 41.3 Å². The van der Waals surface area contributed by atoms with Crippen LogP contribution >= 0.6 is 23.5 Å². The molecule has 78 heavy (non-hydrogen) atoms. The van der Waals surface area contributed by atoms with Gasteiger partial charge in [-0.15, -0.1) is 0 Å². The molecule has 1 aromatic heterocycles. The Morgan fingerprint density at radius 2 is 1.17 bits per heavy atom. The molecule has 0 aliphatic carbocycles. The molecule has 418 valence electrons. The fourth-order valence-electron chi connectivity index (χ4n) is 10.9. The highest BCUT2D eigenvalue weighted by atomic mass is 32.2. The SMILES string of the molecule is CSCC[C@H](NC(=O)CN(Cc1cccc2ccccc12)C[C@@H]1CCCN1C(=O)C1CCCNC1)C(=O)O.CSCC[C@H](NC(=O)CN(Cc1cccc2ccccc12)C[C@@H]1CCCN1C(=O)CNc1ccccn1)C(=O)O. The number of likely N-dealkylation sites (tertiary alicyclic amines) is 2. The zero-order chi connectivity index (χ0) is 55.2. The van der Waals surface area contributed by atoms with E-state index in [1.165, 1.54) is 0 Å². The number of aliphatic carboxylic acids is 2. The van der Waals surface area contributed by atoms with Crippen molar-refractivity contribution < 1.29 is 39.0 Å². The number of piperidine rings is 1. The van der Waals surface area contributed by atoms with E-state index in [0.717, 1.165) is 90.8 Å². The van der Waals surface area contributed by atoms with Crippen molar-refractivity contribution in [2.24, 2.45) is 5.92 Å². The highest BCUT2D eigenvalue weighted by Gasteiger charge is 2.36. The third kappa shape index (κ3) is 17.6. The molecule has 3 aliphatic rings. The molecule has 17 nitrogen and oxygen atoms in total. The average Bonchev–Trinajstić information content (AvgIpc) is 4.14. The van der Waals surface area contributed by atoms with Crippen molar-refractivity contribution in [1.29, 1.82) is 0 Å². The molecule has 0 radical (unpaired) electrons. The van der Waals surface area contributed by atoms with Gasteiger partial charge in [0, 0.05) is 64.1 Å². The molecule has 3 aliphatic heterocycles. The average molecular weight is 1100 g/mol. The maximum atomic E-state index is 13.4. The first-order valence-electron chi connectivity index (χ1n) is 27.3. The summed E-state index contributed by atoms with van der Waals surface area (Å²) in [6, 6.07) is 32.3. The topological polar surface area (TPSA) is 217 Å². The Balaban J connectivity index is 0.000000226. The number of carbonyl (C=O) groups excluding carboxylic acids is 4. The van der Waals surface area contributed by atoms with Crippen LogP contribution in [-0.2, 0) is 41.9 Å². The second-order valence-corrected chi connectivity index (χ2v) is 22.4. The fourth-order valence-corrected chi connectivity index (χ4v) is 11.8. The van der Waals surface area contributed by atoms with Crippen molar-refractivity contribution >= 4 is 86.5 Å². The summed E-state index contributed by atoms with van der Waals surface area (Å²) in [4.78, 5) is 88.5. The molecule has 5 aromatic rings. The molecule has 4 heterocycles. The summed E-state index contributed by atoms with van der Waals surface area (Å²) >= 11 is 3.11. The highest BCUT2D eigenvalue weighted by molar-refractivity contribution is 7.98. The smallest absolute Gasteiger partial charge is 0.326 e. The van der Waals surface area contributed by atoms with Gasteiger partial charge in [-0.05, 0) is 127 Å². The lowest BCUT2D eigenvalue weighted by atomic mass is 9.97. The van der Waals surface area contributed by atoms with Crippen LogP contribution < -0.4 is 21.3 Å². The van der Waals surface area contributed by atoms with Gasteiger partial charge in [-0.25, -0.2) is 14.6 Å². The molecule has 6 N–H and O–H groups in total. The molecule has 4 aromatic carbocycles. The molecule has 0 bridgehead atoms. The zero-order valence-corrected chi connectivity index (χ0v) is 46.7. The van der Waals surface area contributed by atoms with E-state index >= 15 is 0 Å². The number of amides is 4. The van der Waals surface area contributed by atoms with Gasteiger partial charge in [0.05, 0.1) is 25.6 Å². The predicted molar refractivity (Wildman–Crippen MR) is 311 cm³/mol. The van der Waals surface area contributed by atoms with Crippen molar-refractivity contribution in [2.45, 2.75) is 88.6 Å². The number of thioether (sulfide) groups is 2. The first-order chi connectivity index (χ1) is 37.9. The zero-order valence-electron chi connectivity index (χ0n) is 45.0.